The molecule has 0 aromatic heterocycles. The Bertz CT molecular complexity index is 644. The molecule has 19 heavy (non-hydrogen) atoms. The van der Waals surface area contributed by atoms with Gasteiger partial charge in [-0.05, 0) is 55.3 Å². The van der Waals surface area contributed by atoms with Crippen molar-refractivity contribution in [3.05, 3.63) is 62.9 Å². The molecule has 0 radical (unpaired) electrons. The molecule has 0 bridgehead atoms. The fourth-order valence-corrected chi connectivity index (χ4v) is 2.55. The third-order valence-corrected chi connectivity index (χ3v) is 3.65. The number of halogens is 2. The van der Waals surface area contributed by atoms with Crippen molar-refractivity contribution in [3.63, 3.8) is 0 Å². The van der Waals surface area contributed by atoms with Gasteiger partial charge in [-0.15, -0.1) is 0 Å². The van der Waals surface area contributed by atoms with Crippen molar-refractivity contribution in [1.29, 1.82) is 0 Å². The molecule has 0 aliphatic rings. The van der Waals surface area contributed by atoms with Gasteiger partial charge in [-0.1, -0.05) is 15.9 Å². The van der Waals surface area contributed by atoms with Crippen molar-refractivity contribution in [2.24, 2.45) is 0 Å². The molecule has 0 atom stereocenters. The highest BCUT2D eigenvalue weighted by Crippen LogP contribution is 2.26. The fourth-order valence-electron chi connectivity index (χ4n) is 2.12. The van der Waals surface area contributed by atoms with Crippen molar-refractivity contribution in [1.82, 2.24) is 0 Å². The van der Waals surface area contributed by atoms with Gasteiger partial charge in [-0.2, -0.15) is 0 Å². The third-order valence-electron chi connectivity index (χ3n) is 2.96. The number of hydrogen-bond acceptors (Lipinski definition) is 2. The SMILES string of the molecule is Cc1cc(F)cc(C)c1C(=O)c1cc(N)ccc1Br. The Balaban J connectivity index is 2.59. The first kappa shape index (κ1) is 13.7. The van der Waals surface area contributed by atoms with Crippen LogP contribution in [0.15, 0.2) is 34.8 Å². The number of rotatable bonds is 2. The molecule has 0 fully saturated rings. The van der Waals surface area contributed by atoms with E-state index in [0.717, 1.165) is 0 Å². The predicted octanol–water partition coefficient (Wildman–Crippen LogP) is 4.02. The second-order valence-corrected chi connectivity index (χ2v) is 5.34. The molecule has 0 aliphatic heterocycles. The Kier molecular flexibility index (Phi) is 3.71. The summed E-state index contributed by atoms with van der Waals surface area (Å²) in [6, 6.07) is 7.79. The van der Waals surface area contributed by atoms with Crippen molar-refractivity contribution in [2.75, 3.05) is 5.73 Å². The second kappa shape index (κ2) is 5.13. The van der Waals surface area contributed by atoms with Crippen LogP contribution in [0.3, 0.4) is 0 Å². The van der Waals surface area contributed by atoms with Crippen LogP contribution in [0.2, 0.25) is 0 Å². The quantitative estimate of drug-likeness (QED) is 0.670. The topological polar surface area (TPSA) is 43.1 Å². The minimum atomic E-state index is -0.335. The molecule has 2 nitrogen and oxygen atoms in total. The summed E-state index contributed by atoms with van der Waals surface area (Å²) in [4.78, 5) is 12.6. The number of carbonyl (C=O) groups excluding carboxylic acids is 1. The Morgan fingerprint density at radius 3 is 2.32 bits per heavy atom. The van der Waals surface area contributed by atoms with Crippen molar-refractivity contribution >= 4 is 27.4 Å². The van der Waals surface area contributed by atoms with E-state index in [1.807, 2.05) is 0 Å². The summed E-state index contributed by atoms with van der Waals surface area (Å²) in [6.07, 6.45) is 0. The standard InChI is InChI=1S/C15H13BrFNO/c1-8-5-10(17)6-9(2)14(8)15(19)12-7-11(18)3-4-13(12)16/h3-7H,18H2,1-2H3. The summed E-state index contributed by atoms with van der Waals surface area (Å²) >= 11 is 3.34. The van der Waals surface area contributed by atoms with E-state index in [4.69, 9.17) is 5.73 Å². The molecular formula is C15H13BrFNO. The fraction of sp³-hybridized carbons (Fsp3) is 0.133. The van der Waals surface area contributed by atoms with Crippen LogP contribution in [-0.2, 0) is 0 Å². The largest absolute Gasteiger partial charge is 0.399 e. The summed E-state index contributed by atoms with van der Waals surface area (Å²) < 4.78 is 14.0. The van der Waals surface area contributed by atoms with Gasteiger partial charge in [-0.3, -0.25) is 4.79 Å². The van der Waals surface area contributed by atoms with Crippen LogP contribution in [0.25, 0.3) is 0 Å². The lowest BCUT2D eigenvalue weighted by atomic mass is 9.94. The van der Waals surface area contributed by atoms with Gasteiger partial charge in [0.1, 0.15) is 5.82 Å². The maximum Gasteiger partial charge on any atom is 0.194 e. The van der Waals surface area contributed by atoms with E-state index in [9.17, 15) is 9.18 Å². The monoisotopic (exact) mass is 321 g/mol. The van der Waals surface area contributed by atoms with Gasteiger partial charge in [0.2, 0.25) is 0 Å². The molecule has 2 N–H and O–H groups in total. The highest BCUT2D eigenvalue weighted by Gasteiger charge is 2.18. The van der Waals surface area contributed by atoms with Gasteiger partial charge in [0, 0.05) is 21.3 Å². The Morgan fingerprint density at radius 2 is 1.74 bits per heavy atom. The number of nitrogen functional groups attached to an aromatic ring is 1. The van der Waals surface area contributed by atoms with Crippen molar-refractivity contribution in [2.45, 2.75) is 13.8 Å². The van der Waals surface area contributed by atoms with Crippen LogP contribution in [0.4, 0.5) is 10.1 Å². The number of ketones is 1. The van der Waals surface area contributed by atoms with Gasteiger partial charge in [0.25, 0.3) is 0 Å². The lowest BCUT2D eigenvalue weighted by Gasteiger charge is -2.11. The highest BCUT2D eigenvalue weighted by atomic mass is 79.9. The maximum absolute atomic E-state index is 13.3. The van der Waals surface area contributed by atoms with Crippen LogP contribution in [0.1, 0.15) is 27.0 Å². The van der Waals surface area contributed by atoms with E-state index in [1.165, 1.54) is 12.1 Å². The first-order chi connectivity index (χ1) is 8.90. The van der Waals surface area contributed by atoms with E-state index >= 15 is 0 Å². The molecule has 0 saturated carbocycles. The molecule has 0 unspecified atom stereocenters. The molecule has 0 heterocycles. The van der Waals surface area contributed by atoms with Crippen LogP contribution in [0.5, 0.6) is 0 Å². The molecule has 0 saturated heterocycles. The first-order valence-corrected chi connectivity index (χ1v) is 6.56. The normalized spacial score (nSPS) is 10.5. The van der Waals surface area contributed by atoms with Gasteiger partial charge in [0.15, 0.2) is 5.78 Å². The van der Waals surface area contributed by atoms with Crippen molar-refractivity contribution < 1.29 is 9.18 Å². The van der Waals surface area contributed by atoms with Gasteiger partial charge >= 0.3 is 0 Å². The summed E-state index contributed by atoms with van der Waals surface area (Å²) in [6.45, 7) is 3.45. The predicted molar refractivity (Wildman–Crippen MR) is 77.9 cm³/mol. The number of nitrogens with two attached hydrogens (primary N) is 1. The van der Waals surface area contributed by atoms with Gasteiger partial charge in [0.05, 0.1) is 0 Å². The Hall–Kier alpha value is -1.68. The van der Waals surface area contributed by atoms with Crippen LogP contribution in [0, 0.1) is 19.7 Å². The number of anilines is 1. The summed E-state index contributed by atoms with van der Waals surface area (Å²) in [7, 11) is 0. The molecule has 2 aromatic rings. The minimum Gasteiger partial charge on any atom is -0.399 e. The zero-order valence-corrected chi connectivity index (χ0v) is 12.2. The molecule has 0 spiro atoms. The zero-order valence-electron chi connectivity index (χ0n) is 10.6. The smallest absolute Gasteiger partial charge is 0.194 e. The Labute approximate surface area is 119 Å². The zero-order chi connectivity index (χ0) is 14.2. The molecule has 0 amide bonds. The molecular weight excluding hydrogens is 309 g/mol. The second-order valence-electron chi connectivity index (χ2n) is 4.48. The van der Waals surface area contributed by atoms with Crippen LogP contribution in [-0.4, -0.2) is 5.78 Å². The van der Waals surface area contributed by atoms with E-state index in [-0.39, 0.29) is 11.6 Å². The van der Waals surface area contributed by atoms with Gasteiger partial charge in [-0.25, -0.2) is 4.39 Å². The minimum absolute atomic E-state index is 0.158. The Morgan fingerprint density at radius 1 is 1.16 bits per heavy atom. The van der Waals surface area contributed by atoms with Crippen LogP contribution < -0.4 is 5.73 Å². The molecule has 0 aliphatic carbocycles. The lowest BCUT2D eigenvalue weighted by molar-refractivity contribution is 0.103. The lowest BCUT2D eigenvalue weighted by Crippen LogP contribution is -2.08. The first-order valence-electron chi connectivity index (χ1n) is 5.76. The summed E-state index contributed by atoms with van der Waals surface area (Å²) in [5.74, 6) is -0.493. The molecule has 98 valence electrons. The average Bonchev–Trinajstić information content (AvgIpc) is 2.30. The highest BCUT2D eigenvalue weighted by molar-refractivity contribution is 9.10. The van der Waals surface area contributed by atoms with E-state index in [2.05, 4.69) is 15.9 Å². The third kappa shape index (κ3) is 2.68. The van der Waals surface area contributed by atoms with E-state index in [0.29, 0.717) is 32.4 Å². The average molecular weight is 322 g/mol. The number of hydrogen-bond donors (Lipinski definition) is 1. The number of benzene rings is 2. The molecule has 2 aromatic carbocycles. The van der Waals surface area contributed by atoms with Crippen LogP contribution >= 0.6 is 15.9 Å². The molecule has 4 heteroatoms. The maximum atomic E-state index is 13.3. The van der Waals surface area contributed by atoms with Crippen molar-refractivity contribution in [3.8, 4) is 0 Å². The summed E-state index contributed by atoms with van der Waals surface area (Å²) in [5, 5.41) is 0. The molecule has 2 rings (SSSR count). The van der Waals surface area contributed by atoms with E-state index in [1.54, 1.807) is 32.0 Å². The summed E-state index contributed by atoms with van der Waals surface area (Å²) in [5.41, 5.74) is 8.48. The van der Waals surface area contributed by atoms with Gasteiger partial charge < -0.3 is 5.73 Å². The number of carbonyl (C=O) groups is 1. The van der Waals surface area contributed by atoms with E-state index < -0.39 is 0 Å². The number of aryl methyl sites for hydroxylation is 2.